The molecule has 0 amide bonds. The second-order valence-electron chi connectivity index (χ2n) is 7.93. The van der Waals surface area contributed by atoms with E-state index in [-0.39, 0.29) is 23.9 Å². The Hall–Kier alpha value is -1.96. The fourth-order valence-corrected chi connectivity index (χ4v) is 4.16. The van der Waals surface area contributed by atoms with E-state index < -0.39 is 41.8 Å². The van der Waals surface area contributed by atoms with E-state index >= 15 is 0 Å². The second-order valence-corrected chi connectivity index (χ2v) is 7.93. The first-order valence-electron chi connectivity index (χ1n) is 9.11. The Kier molecular flexibility index (Phi) is 4.10. The quantitative estimate of drug-likeness (QED) is 0.335. The zero-order valence-electron chi connectivity index (χ0n) is 15.6. The number of allylic oxidation sites excluding steroid dienone is 1. The number of hydrogen-bond donors (Lipinski definition) is 1. The summed E-state index contributed by atoms with van der Waals surface area (Å²) in [6.45, 7) is 13.1. The minimum absolute atomic E-state index is 0.168. The summed E-state index contributed by atoms with van der Waals surface area (Å²) >= 11 is 0. The van der Waals surface area contributed by atoms with Gasteiger partial charge in [-0.05, 0) is 26.3 Å². The van der Waals surface area contributed by atoms with Gasteiger partial charge in [-0.3, -0.25) is 0 Å². The van der Waals surface area contributed by atoms with Gasteiger partial charge in [0.2, 0.25) is 0 Å². The summed E-state index contributed by atoms with van der Waals surface area (Å²) in [5.74, 6) is -1.78. The third-order valence-corrected chi connectivity index (χ3v) is 6.10. The first-order valence-corrected chi connectivity index (χ1v) is 9.11. The Morgan fingerprint density at radius 1 is 1.37 bits per heavy atom. The number of aliphatic hydroxyl groups is 1. The largest absolute Gasteiger partial charge is 0.458 e. The maximum absolute atomic E-state index is 12.4. The lowest BCUT2D eigenvalue weighted by molar-refractivity contribution is -0.151. The fraction of sp³-hybridized carbons (Fsp3) is 0.600. The molecule has 7 heteroatoms. The van der Waals surface area contributed by atoms with Crippen molar-refractivity contribution in [3.05, 3.63) is 36.0 Å². The molecule has 1 aliphatic carbocycles. The van der Waals surface area contributed by atoms with Crippen molar-refractivity contribution in [2.24, 2.45) is 5.92 Å². The number of esters is 2. The van der Waals surface area contributed by atoms with Crippen molar-refractivity contribution in [2.75, 3.05) is 0 Å². The number of fused-ring (bicyclic) bond motifs is 4. The van der Waals surface area contributed by atoms with Gasteiger partial charge in [-0.2, -0.15) is 0 Å². The number of rotatable bonds is 2. The van der Waals surface area contributed by atoms with Gasteiger partial charge in [0.05, 0.1) is 11.5 Å². The Morgan fingerprint density at radius 2 is 2.07 bits per heavy atom. The lowest BCUT2D eigenvalue weighted by Crippen LogP contribution is -2.44. The van der Waals surface area contributed by atoms with Gasteiger partial charge in [0.25, 0.3) is 0 Å². The first kappa shape index (κ1) is 18.4. The highest BCUT2D eigenvalue weighted by atomic mass is 16.7. The van der Waals surface area contributed by atoms with Gasteiger partial charge >= 0.3 is 11.9 Å². The van der Waals surface area contributed by atoms with Crippen molar-refractivity contribution in [1.29, 1.82) is 0 Å². The van der Waals surface area contributed by atoms with Gasteiger partial charge < -0.3 is 24.1 Å². The highest BCUT2D eigenvalue weighted by molar-refractivity contribution is 5.91. The van der Waals surface area contributed by atoms with E-state index in [0.29, 0.717) is 17.6 Å². The number of hydrogen-bond acceptors (Lipinski definition) is 7. The van der Waals surface area contributed by atoms with Crippen LogP contribution in [0.1, 0.15) is 27.2 Å². The minimum atomic E-state index is -1.14. The zero-order valence-corrected chi connectivity index (χ0v) is 15.6. The maximum atomic E-state index is 12.4. The molecule has 8 atom stereocenters. The number of aliphatic hydroxyl groups excluding tert-OH is 1. The molecule has 0 aromatic rings. The first-order chi connectivity index (χ1) is 12.7. The average molecular weight is 376 g/mol. The lowest BCUT2D eigenvalue weighted by atomic mass is 9.79. The van der Waals surface area contributed by atoms with E-state index in [1.54, 1.807) is 19.9 Å². The molecule has 0 radical (unpaired) electrons. The van der Waals surface area contributed by atoms with E-state index in [0.717, 1.165) is 0 Å². The predicted octanol–water partition coefficient (Wildman–Crippen LogP) is 1.21. The topological polar surface area (TPSA) is 97.9 Å². The van der Waals surface area contributed by atoms with Crippen molar-refractivity contribution in [3.63, 3.8) is 0 Å². The third-order valence-electron chi connectivity index (χ3n) is 6.10. The number of ether oxygens (including phenoxy) is 4. The number of epoxide rings is 2. The van der Waals surface area contributed by atoms with Crippen LogP contribution >= 0.6 is 0 Å². The van der Waals surface area contributed by atoms with Crippen LogP contribution in [0.4, 0.5) is 0 Å². The van der Waals surface area contributed by atoms with E-state index in [9.17, 15) is 14.7 Å². The standard InChI is InChI=1S/C20H24O7/c1-6-8(2)18(22)24-11-7-20(5)17(27-20)16-14(25-16)10(4)13(21)15-12(11)9(3)19(23)26-15/h6,11-17,21H,3-4,7H2,1-2,5H3/b8-6-/t11-,12+,13-,14-,15-,16-,17+,20+/m0/s1. The summed E-state index contributed by atoms with van der Waals surface area (Å²) in [6.07, 6.45) is -1.48. The molecule has 146 valence electrons. The molecule has 0 unspecified atom stereocenters. The van der Waals surface area contributed by atoms with E-state index in [1.807, 2.05) is 6.92 Å². The Labute approximate surface area is 157 Å². The van der Waals surface area contributed by atoms with Crippen molar-refractivity contribution in [3.8, 4) is 0 Å². The highest BCUT2D eigenvalue weighted by Gasteiger charge is 2.68. The highest BCUT2D eigenvalue weighted by Crippen LogP contribution is 2.54. The van der Waals surface area contributed by atoms with Crippen molar-refractivity contribution in [2.45, 2.75) is 69.4 Å². The van der Waals surface area contributed by atoms with Crippen LogP contribution in [0.2, 0.25) is 0 Å². The van der Waals surface area contributed by atoms with Crippen molar-refractivity contribution >= 4 is 11.9 Å². The minimum Gasteiger partial charge on any atom is -0.458 e. The van der Waals surface area contributed by atoms with E-state index in [4.69, 9.17) is 18.9 Å². The van der Waals surface area contributed by atoms with Crippen LogP contribution in [-0.2, 0) is 28.5 Å². The Bertz CT molecular complexity index is 768. The summed E-state index contributed by atoms with van der Waals surface area (Å²) < 4.78 is 22.7. The molecule has 4 rings (SSSR count). The smallest absolute Gasteiger partial charge is 0.334 e. The van der Waals surface area contributed by atoms with Gasteiger partial charge in [0.15, 0.2) is 0 Å². The van der Waals surface area contributed by atoms with Gasteiger partial charge in [-0.25, -0.2) is 9.59 Å². The van der Waals surface area contributed by atoms with Crippen LogP contribution in [0, 0.1) is 5.92 Å². The summed E-state index contributed by atoms with van der Waals surface area (Å²) in [5, 5.41) is 10.8. The van der Waals surface area contributed by atoms with E-state index in [1.165, 1.54) is 0 Å². The van der Waals surface area contributed by atoms with Crippen LogP contribution < -0.4 is 0 Å². The molecular weight excluding hydrogens is 352 g/mol. The van der Waals surface area contributed by atoms with Gasteiger partial charge in [0, 0.05) is 17.6 Å². The molecule has 1 saturated carbocycles. The second kappa shape index (κ2) is 6.02. The van der Waals surface area contributed by atoms with Crippen LogP contribution in [0.5, 0.6) is 0 Å². The molecule has 0 aromatic carbocycles. The SMILES string of the molecule is C=C1C(=O)O[C@H]2[C@H]1[C@@H](OC(=O)/C(C)=C\C)C[C@@]1(C)O[C@@H]1[C@H]1O[C@H]1C(=C)[C@@H]2O. The summed E-state index contributed by atoms with van der Waals surface area (Å²) in [7, 11) is 0. The molecule has 0 spiro atoms. The molecule has 3 heterocycles. The fourth-order valence-electron chi connectivity index (χ4n) is 4.16. The summed E-state index contributed by atoms with van der Waals surface area (Å²) in [4.78, 5) is 24.6. The van der Waals surface area contributed by atoms with Crippen LogP contribution in [0.25, 0.3) is 0 Å². The Balaban J connectivity index is 1.70. The average Bonchev–Trinajstić information content (AvgIpc) is 3.51. The number of carbonyl (C=O) groups is 2. The van der Waals surface area contributed by atoms with Crippen molar-refractivity contribution < 1.29 is 33.6 Å². The van der Waals surface area contributed by atoms with Crippen LogP contribution in [0.15, 0.2) is 36.0 Å². The molecular formula is C20H24O7. The molecule has 4 fully saturated rings. The van der Waals surface area contributed by atoms with E-state index in [2.05, 4.69) is 13.2 Å². The molecule has 3 saturated heterocycles. The maximum Gasteiger partial charge on any atom is 0.334 e. The lowest BCUT2D eigenvalue weighted by Gasteiger charge is -2.31. The predicted molar refractivity (Wildman–Crippen MR) is 93.5 cm³/mol. The third kappa shape index (κ3) is 2.85. The monoisotopic (exact) mass is 376 g/mol. The van der Waals surface area contributed by atoms with Crippen LogP contribution in [-0.4, -0.2) is 59.3 Å². The number of carbonyl (C=O) groups excluding carboxylic acids is 2. The van der Waals surface area contributed by atoms with Gasteiger partial charge in [-0.15, -0.1) is 0 Å². The molecule has 0 aromatic heterocycles. The van der Waals surface area contributed by atoms with Gasteiger partial charge in [0.1, 0.15) is 36.6 Å². The molecule has 3 aliphatic heterocycles. The molecule has 27 heavy (non-hydrogen) atoms. The Morgan fingerprint density at radius 3 is 2.74 bits per heavy atom. The zero-order chi connectivity index (χ0) is 19.7. The normalized spacial score (nSPS) is 46.0. The molecule has 7 nitrogen and oxygen atoms in total. The summed E-state index contributed by atoms with van der Waals surface area (Å²) in [6, 6.07) is 0. The molecule has 4 aliphatic rings. The van der Waals surface area contributed by atoms with Gasteiger partial charge in [-0.1, -0.05) is 19.2 Å². The molecule has 1 N–H and O–H groups in total. The van der Waals surface area contributed by atoms with Crippen molar-refractivity contribution in [1.82, 2.24) is 0 Å². The van der Waals surface area contributed by atoms with Crippen LogP contribution in [0.3, 0.4) is 0 Å². The molecule has 0 bridgehead atoms. The summed E-state index contributed by atoms with van der Waals surface area (Å²) in [5.41, 5.74) is 0.519.